The highest BCUT2D eigenvalue weighted by molar-refractivity contribution is 8.13. The van der Waals surface area contributed by atoms with E-state index in [2.05, 4.69) is 12.1 Å². The number of amides is 1. The molecule has 0 bridgehead atoms. The highest BCUT2D eigenvalue weighted by atomic mass is 32.2. The van der Waals surface area contributed by atoms with Gasteiger partial charge in [-0.25, -0.2) is 0 Å². The largest absolute Gasteiger partial charge is 0.485 e. The minimum atomic E-state index is -0.123. The van der Waals surface area contributed by atoms with Crippen LogP contribution in [0.2, 0.25) is 0 Å². The quantitative estimate of drug-likeness (QED) is 0.370. The van der Waals surface area contributed by atoms with Gasteiger partial charge in [-0.15, -0.1) is 0 Å². The Bertz CT molecular complexity index is 782. The van der Waals surface area contributed by atoms with Gasteiger partial charge in [0, 0.05) is 19.0 Å². The topological polar surface area (TPSA) is 41.9 Å². The van der Waals surface area contributed by atoms with Crippen molar-refractivity contribution in [3.63, 3.8) is 0 Å². The van der Waals surface area contributed by atoms with E-state index in [9.17, 15) is 4.79 Å². The normalized spacial score (nSPS) is 19.7. The van der Waals surface area contributed by atoms with Gasteiger partial charge in [0.15, 0.2) is 5.17 Å². The summed E-state index contributed by atoms with van der Waals surface area (Å²) in [6.45, 7) is 0. The molecule has 6 heteroatoms. The number of benzene rings is 2. The molecule has 2 unspecified atom stereocenters. The fourth-order valence-corrected chi connectivity index (χ4v) is 3.49. The van der Waals surface area contributed by atoms with Crippen molar-refractivity contribution in [2.75, 3.05) is 13.3 Å². The summed E-state index contributed by atoms with van der Waals surface area (Å²) in [4.78, 5) is 17.4. The van der Waals surface area contributed by atoms with Crippen LogP contribution in [0.1, 0.15) is 29.7 Å². The van der Waals surface area contributed by atoms with Gasteiger partial charge in [0.1, 0.15) is 19.7 Å². The lowest BCUT2D eigenvalue weighted by Gasteiger charge is -2.31. The maximum absolute atomic E-state index is 11.1. The Labute approximate surface area is 153 Å². The molecule has 1 aliphatic heterocycles. The zero-order valence-corrected chi connectivity index (χ0v) is 15.1. The molecule has 2 radical (unpaired) electrons. The number of rotatable bonds is 3. The van der Waals surface area contributed by atoms with E-state index in [4.69, 9.17) is 17.6 Å². The molecule has 2 atom stereocenters. The number of amidine groups is 1. The van der Waals surface area contributed by atoms with Crippen molar-refractivity contribution in [1.82, 2.24) is 4.90 Å². The number of aliphatic imine (C=N–C) groups is 1. The van der Waals surface area contributed by atoms with Crippen molar-refractivity contribution >= 4 is 36.6 Å². The Morgan fingerprint density at radius 2 is 2.08 bits per heavy atom. The molecule has 126 valence electrons. The molecule has 3 rings (SSSR count). The molecule has 4 nitrogen and oxygen atoms in total. The highest BCUT2D eigenvalue weighted by Gasteiger charge is 2.29. The van der Waals surface area contributed by atoms with Gasteiger partial charge in [-0.1, -0.05) is 59.7 Å². The van der Waals surface area contributed by atoms with Gasteiger partial charge in [0.05, 0.1) is 6.04 Å². The van der Waals surface area contributed by atoms with Crippen molar-refractivity contribution in [3.8, 4) is 5.75 Å². The van der Waals surface area contributed by atoms with E-state index < -0.39 is 0 Å². The van der Waals surface area contributed by atoms with Crippen LogP contribution in [0.4, 0.5) is 0 Å². The summed E-state index contributed by atoms with van der Waals surface area (Å²) >= 11 is 1.44. The van der Waals surface area contributed by atoms with Crippen LogP contribution in [0.15, 0.2) is 53.5 Å². The Balaban J connectivity index is 2.01. The zero-order chi connectivity index (χ0) is 17.8. The van der Waals surface area contributed by atoms with Crippen molar-refractivity contribution in [3.05, 3.63) is 59.7 Å². The van der Waals surface area contributed by atoms with Crippen LogP contribution in [-0.2, 0) is 4.79 Å². The highest BCUT2D eigenvalue weighted by Crippen LogP contribution is 2.42. The summed E-state index contributed by atoms with van der Waals surface area (Å²) in [6.07, 6.45) is 3.28. The van der Waals surface area contributed by atoms with Crippen molar-refractivity contribution in [2.45, 2.75) is 18.6 Å². The lowest BCUT2D eigenvalue weighted by molar-refractivity contribution is -0.113. The number of carbonyl (C=O) groups is 1. The second-order valence-electron chi connectivity index (χ2n) is 5.90. The number of ether oxygens (including phenoxy) is 1. The van der Waals surface area contributed by atoms with E-state index in [0.29, 0.717) is 17.1 Å². The predicted octanol–water partition coefficient (Wildman–Crippen LogP) is 2.85. The standard InChI is InChI=1S/C19H19BN2O2S/c1-22(12-23)19(25-2)21-16-11-18(13-6-4-3-5-7-13)24-17-9-8-14(20)10-15(16)17/h3-10,12,16,18H,11H2,1-2H3. The number of hydrogen-bond donors (Lipinski definition) is 0. The van der Waals surface area contributed by atoms with E-state index in [1.165, 1.54) is 16.7 Å². The molecule has 0 aliphatic carbocycles. The summed E-state index contributed by atoms with van der Waals surface area (Å²) in [5.74, 6) is 0.789. The van der Waals surface area contributed by atoms with Crippen LogP contribution in [0.5, 0.6) is 5.75 Å². The molecule has 0 saturated heterocycles. The molecule has 0 N–H and O–H groups in total. The molecule has 2 aromatic carbocycles. The first kappa shape index (κ1) is 17.6. The Hall–Kier alpha value is -2.21. The third-order valence-electron chi connectivity index (χ3n) is 4.18. The minimum absolute atomic E-state index is 0.0873. The number of hydrogen-bond acceptors (Lipinski definition) is 4. The van der Waals surface area contributed by atoms with Gasteiger partial charge in [-0.05, 0) is 17.9 Å². The van der Waals surface area contributed by atoms with Gasteiger partial charge in [0.2, 0.25) is 6.41 Å². The lowest BCUT2D eigenvalue weighted by Crippen LogP contribution is -2.25. The summed E-state index contributed by atoms with van der Waals surface area (Å²) in [6, 6.07) is 15.6. The first-order chi connectivity index (χ1) is 12.1. The average molecular weight is 350 g/mol. The first-order valence-corrected chi connectivity index (χ1v) is 9.25. The third-order valence-corrected chi connectivity index (χ3v) is 4.94. The fraction of sp³-hybridized carbons (Fsp3) is 0.263. The summed E-state index contributed by atoms with van der Waals surface area (Å²) < 4.78 is 6.19. The Morgan fingerprint density at radius 1 is 1.32 bits per heavy atom. The molecular formula is C19H19BN2O2S. The molecule has 0 saturated carbocycles. The molecule has 0 aromatic heterocycles. The smallest absolute Gasteiger partial charge is 0.215 e. The minimum Gasteiger partial charge on any atom is -0.485 e. The number of carbonyl (C=O) groups excluding carboxylic acids is 1. The van der Waals surface area contributed by atoms with E-state index in [-0.39, 0.29) is 12.1 Å². The van der Waals surface area contributed by atoms with Crippen LogP contribution in [0, 0.1) is 0 Å². The molecule has 0 spiro atoms. The molecule has 1 aliphatic rings. The molecular weight excluding hydrogens is 331 g/mol. The molecule has 1 amide bonds. The maximum atomic E-state index is 11.1. The number of fused-ring (bicyclic) bond motifs is 1. The van der Waals surface area contributed by atoms with Crippen molar-refractivity contribution in [2.24, 2.45) is 4.99 Å². The second kappa shape index (κ2) is 7.78. The van der Waals surface area contributed by atoms with Crippen molar-refractivity contribution in [1.29, 1.82) is 0 Å². The Morgan fingerprint density at radius 3 is 2.76 bits per heavy atom. The third kappa shape index (κ3) is 3.90. The summed E-state index contributed by atoms with van der Waals surface area (Å²) in [5, 5.41) is 0.669. The molecule has 25 heavy (non-hydrogen) atoms. The predicted molar refractivity (Wildman–Crippen MR) is 104 cm³/mol. The number of thioether (sulfide) groups is 1. The van der Waals surface area contributed by atoms with Gasteiger partial charge >= 0.3 is 0 Å². The average Bonchev–Trinajstić information content (AvgIpc) is 2.66. The van der Waals surface area contributed by atoms with Crippen LogP contribution in [0.25, 0.3) is 0 Å². The van der Waals surface area contributed by atoms with E-state index in [0.717, 1.165) is 23.3 Å². The Kier molecular flexibility index (Phi) is 5.48. The second-order valence-corrected chi connectivity index (χ2v) is 6.67. The summed E-state index contributed by atoms with van der Waals surface area (Å²) in [5.41, 5.74) is 2.74. The molecule has 2 aromatic rings. The lowest BCUT2D eigenvalue weighted by atomic mass is 9.88. The summed E-state index contributed by atoms with van der Waals surface area (Å²) in [7, 11) is 7.67. The van der Waals surface area contributed by atoms with E-state index >= 15 is 0 Å². The first-order valence-electron chi connectivity index (χ1n) is 8.03. The van der Waals surface area contributed by atoms with Crippen LogP contribution in [0.3, 0.4) is 0 Å². The van der Waals surface area contributed by atoms with Crippen molar-refractivity contribution < 1.29 is 9.53 Å². The zero-order valence-electron chi connectivity index (χ0n) is 14.3. The van der Waals surface area contributed by atoms with Crippen LogP contribution in [-0.4, -0.2) is 37.6 Å². The van der Waals surface area contributed by atoms with Gasteiger partial charge in [0.25, 0.3) is 0 Å². The van der Waals surface area contributed by atoms with Gasteiger partial charge < -0.3 is 4.74 Å². The van der Waals surface area contributed by atoms with E-state index in [1.807, 2.05) is 42.7 Å². The van der Waals surface area contributed by atoms with E-state index in [1.54, 1.807) is 7.05 Å². The van der Waals surface area contributed by atoms with Gasteiger partial charge in [-0.3, -0.25) is 14.7 Å². The number of nitrogens with zero attached hydrogens (tertiary/aromatic N) is 2. The van der Waals surface area contributed by atoms with Crippen LogP contribution >= 0.6 is 11.8 Å². The SMILES string of the molecule is [B]c1ccc2c(c1)C(N=C(SC)N(C)C=O)CC(c1ccccc1)O2. The van der Waals surface area contributed by atoms with Gasteiger partial charge in [-0.2, -0.15) is 0 Å². The van der Waals surface area contributed by atoms with Crippen LogP contribution < -0.4 is 10.2 Å². The maximum Gasteiger partial charge on any atom is 0.215 e. The molecule has 0 fully saturated rings. The monoisotopic (exact) mass is 350 g/mol. The fourth-order valence-electron chi connectivity index (χ4n) is 2.93. The molecule has 1 heterocycles.